The lowest BCUT2D eigenvalue weighted by molar-refractivity contribution is -0.569. The number of methoxy groups -OCH3 is 1. The van der Waals surface area contributed by atoms with Crippen molar-refractivity contribution in [2.45, 2.75) is 32.0 Å². The SMILES string of the molecule is CC[N+]1=C(c2ccc(OC)cc2)N(Cc2ccccc2)C(C(=O)[O-])(c2ccc(C)cc2)C1c1ccc2c(c1)OCO2. The number of carboxylic acids is 1. The number of rotatable bonds is 8. The summed E-state index contributed by atoms with van der Waals surface area (Å²) in [4.78, 5) is 15.9. The molecule has 0 saturated heterocycles. The van der Waals surface area contributed by atoms with Crippen LogP contribution in [0.1, 0.15) is 40.8 Å². The highest BCUT2D eigenvalue weighted by molar-refractivity contribution is 6.01. The van der Waals surface area contributed by atoms with Crippen molar-refractivity contribution in [2.24, 2.45) is 0 Å². The molecule has 2 unspecified atom stereocenters. The van der Waals surface area contributed by atoms with E-state index in [9.17, 15) is 9.90 Å². The number of ether oxygens (including phenoxy) is 3. The van der Waals surface area contributed by atoms with Crippen molar-refractivity contribution < 1.29 is 28.7 Å². The van der Waals surface area contributed by atoms with Gasteiger partial charge in [0.25, 0.3) is 5.84 Å². The molecule has 0 saturated carbocycles. The molecule has 0 N–H and O–H groups in total. The van der Waals surface area contributed by atoms with E-state index in [1.165, 1.54) is 0 Å². The Hall–Kier alpha value is -4.78. The summed E-state index contributed by atoms with van der Waals surface area (Å²) in [5, 5.41) is 13.9. The zero-order valence-corrected chi connectivity index (χ0v) is 23.4. The third kappa shape index (κ3) is 4.38. The van der Waals surface area contributed by atoms with Gasteiger partial charge in [-0.05, 0) is 55.8 Å². The fourth-order valence-corrected chi connectivity index (χ4v) is 6.14. The number of hydrogen-bond acceptors (Lipinski definition) is 6. The Labute approximate surface area is 239 Å². The van der Waals surface area contributed by atoms with Crippen LogP contribution >= 0.6 is 0 Å². The molecule has 7 nitrogen and oxygen atoms in total. The average molecular weight is 549 g/mol. The van der Waals surface area contributed by atoms with Gasteiger partial charge in [0.05, 0.1) is 25.2 Å². The molecular weight excluding hydrogens is 516 g/mol. The van der Waals surface area contributed by atoms with E-state index in [0.717, 1.165) is 33.8 Å². The Morgan fingerprint density at radius 3 is 2.34 bits per heavy atom. The third-order valence-electron chi connectivity index (χ3n) is 8.05. The maximum absolute atomic E-state index is 13.9. The fraction of sp³-hybridized carbons (Fsp3) is 0.235. The lowest BCUT2D eigenvalue weighted by atomic mass is 9.78. The minimum Gasteiger partial charge on any atom is -0.545 e. The Kier molecular flexibility index (Phi) is 6.87. The number of likely N-dealkylation sites (N-methyl/N-ethyl adjacent to an activating group) is 1. The van der Waals surface area contributed by atoms with Gasteiger partial charge in [-0.15, -0.1) is 0 Å². The predicted molar refractivity (Wildman–Crippen MR) is 153 cm³/mol. The lowest BCUT2D eigenvalue weighted by Gasteiger charge is -2.39. The molecule has 0 bridgehead atoms. The molecule has 6 rings (SSSR count). The van der Waals surface area contributed by atoms with Crippen molar-refractivity contribution in [3.8, 4) is 17.2 Å². The second-order valence-corrected chi connectivity index (χ2v) is 10.3. The molecule has 2 heterocycles. The summed E-state index contributed by atoms with van der Waals surface area (Å²) >= 11 is 0. The first-order valence-electron chi connectivity index (χ1n) is 13.7. The molecule has 0 spiro atoms. The number of carbonyl (C=O) groups excluding carboxylic acids is 1. The summed E-state index contributed by atoms with van der Waals surface area (Å²) in [6.45, 7) is 5.07. The van der Waals surface area contributed by atoms with Crippen LogP contribution in [0.15, 0.2) is 97.1 Å². The number of benzene rings is 4. The van der Waals surface area contributed by atoms with E-state index in [0.29, 0.717) is 30.2 Å². The number of amidine groups is 1. The van der Waals surface area contributed by atoms with E-state index in [1.54, 1.807) is 7.11 Å². The molecular formula is C34H32N2O5. The first-order chi connectivity index (χ1) is 20.0. The Bertz CT molecular complexity index is 1600. The Morgan fingerprint density at radius 1 is 0.976 bits per heavy atom. The molecule has 4 aromatic carbocycles. The zero-order chi connectivity index (χ0) is 28.6. The standard InChI is InChI=1S/C34H32N2O5/c1-4-35-31(26-14-19-29-30(20-26)41-22-40-29)34(33(37)38,27-15-10-23(2)11-16-27)36(21-24-8-6-5-7-9-24)32(35)25-12-17-28(39-3)18-13-25/h5-20,31H,4,21-22H2,1-3H3. The molecule has 208 valence electrons. The minimum atomic E-state index is -1.58. The van der Waals surface area contributed by atoms with E-state index in [2.05, 4.69) is 4.58 Å². The number of fused-ring (bicyclic) bond motifs is 1. The van der Waals surface area contributed by atoms with E-state index < -0.39 is 17.6 Å². The summed E-state index contributed by atoms with van der Waals surface area (Å²) in [5.74, 6) is 1.59. The van der Waals surface area contributed by atoms with Gasteiger partial charge in [-0.25, -0.2) is 9.48 Å². The molecule has 2 aliphatic rings. The lowest BCUT2D eigenvalue weighted by Crippen LogP contribution is -2.59. The van der Waals surface area contributed by atoms with Crippen molar-refractivity contribution in [1.29, 1.82) is 0 Å². The van der Waals surface area contributed by atoms with Crippen molar-refractivity contribution >= 4 is 11.8 Å². The molecule has 0 fully saturated rings. The predicted octanol–water partition coefficient (Wildman–Crippen LogP) is 4.41. The molecule has 0 aliphatic carbocycles. The van der Waals surface area contributed by atoms with Gasteiger partial charge in [0, 0.05) is 11.1 Å². The quantitative estimate of drug-likeness (QED) is 0.304. The van der Waals surface area contributed by atoms with Crippen LogP contribution < -0.4 is 19.3 Å². The third-order valence-corrected chi connectivity index (χ3v) is 8.05. The monoisotopic (exact) mass is 548 g/mol. The second-order valence-electron chi connectivity index (χ2n) is 10.3. The van der Waals surface area contributed by atoms with Gasteiger partial charge in [0.2, 0.25) is 12.3 Å². The Morgan fingerprint density at radius 2 is 1.68 bits per heavy atom. The highest BCUT2D eigenvalue weighted by atomic mass is 16.7. The van der Waals surface area contributed by atoms with Gasteiger partial charge in [-0.1, -0.05) is 66.2 Å². The minimum absolute atomic E-state index is 0.133. The number of aryl methyl sites for hydroxylation is 1. The van der Waals surface area contributed by atoms with Crippen LogP contribution in [-0.4, -0.2) is 41.7 Å². The van der Waals surface area contributed by atoms with E-state index >= 15 is 0 Å². The van der Waals surface area contributed by atoms with Gasteiger partial charge in [0.15, 0.2) is 17.5 Å². The number of carbonyl (C=O) groups is 1. The molecule has 4 aromatic rings. The summed E-state index contributed by atoms with van der Waals surface area (Å²) in [6.07, 6.45) is 0. The first kappa shape index (κ1) is 26.4. The summed E-state index contributed by atoms with van der Waals surface area (Å²) in [6, 6.07) is 30.5. The van der Waals surface area contributed by atoms with Crippen LogP contribution in [0.2, 0.25) is 0 Å². The van der Waals surface area contributed by atoms with Crippen LogP contribution in [0, 0.1) is 6.92 Å². The van der Waals surface area contributed by atoms with E-state index in [4.69, 9.17) is 14.2 Å². The molecule has 0 radical (unpaired) electrons. The Balaban J connectivity index is 1.67. The van der Waals surface area contributed by atoms with Crippen LogP contribution in [0.3, 0.4) is 0 Å². The average Bonchev–Trinajstić information content (AvgIpc) is 3.58. The number of carboxylic acid groups (broad SMARTS) is 1. The zero-order valence-electron chi connectivity index (χ0n) is 23.4. The molecule has 0 aromatic heterocycles. The molecule has 2 atom stereocenters. The number of nitrogens with zero attached hydrogens (tertiary/aromatic N) is 2. The molecule has 7 heteroatoms. The first-order valence-corrected chi connectivity index (χ1v) is 13.7. The van der Waals surface area contributed by atoms with Crippen molar-refractivity contribution in [2.75, 3.05) is 20.4 Å². The second kappa shape index (κ2) is 10.7. The maximum atomic E-state index is 13.9. The van der Waals surface area contributed by atoms with Gasteiger partial charge in [-0.3, -0.25) is 0 Å². The van der Waals surface area contributed by atoms with Crippen molar-refractivity contribution in [3.05, 3.63) is 125 Å². The van der Waals surface area contributed by atoms with Gasteiger partial charge >= 0.3 is 0 Å². The van der Waals surface area contributed by atoms with Crippen LogP contribution in [0.25, 0.3) is 0 Å². The van der Waals surface area contributed by atoms with Gasteiger partial charge in [-0.2, -0.15) is 0 Å². The highest BCUT2D eigenvalue weighted by Crippen LogP contribution is 2.50. The van der Waals surface area contributed by atoms with E-state index in [1.807, 2.05) is 116 Å². The van der Waals surface area contributed by atoms with Crippen molar-refractivity contribution in [1.82, 2.24) is 4.90 Å². The smallest absolute Gasteiger partial charge is 0.281 e. The number of hydrogen-bond donors (Lipinski definition) is 0. The molecule has 2 aliphatic heterocycles. The maximum Gasteiger partial charge on any atom is 0.281 e. The van der Waals surface area contributed by atoms with Crippen LogP contribution in [-0.2, 0) is 16.9 Å². The van der Waals surface area contributed by atoms with E-state index in [-0.39, 0.29) is 6.79 Å². The topological polar surface area (TPSA) is 74.1 Å². The molecule has 0 amide bonds. The summed E-state index contributed by atoms with van der Waals surface area (Å²) in [7, 11) is 1.63. The largest absolute Gasteiger partial charge is 0.545 e. The number of aliphatic carboxylic acids is 1. The summed E-state index contributed by atoms with van der Waals surface area (Å²) < 4.78 is 18.9. The van der Waals surface area contributed by atoms with Crippen molar-refractivity contribution in [3.63, 3.8) is 0 Å². The highest BCUT2D eigenvalue weighted by Gasteiger charge is 2.63. The normalized spacial score (nSPS) is 19.5. The van der Waals surface area contributed by atoms with Gasteiger partial charge < -0.3 is 24.1 Å². The molecule has 41 heavy (non-hydrogen) atoms. The van der Waals surface area contributed by atoms with Gasteiger partial charge in [0.1, 0.15) is 12.3 Å². The van der Waals surface area contributed by atoms with Crippen LogP contribution in [0.4, 0.5) is 0 Å². The fourth-order valence-electron chi connectivity index (χ4n) is 6.14. The summed E-state index contributed by atoms with van der Waals surface area (Å²) in [5.41, 5.74) is 2.76. The van der Waals surface area contributed by atoms with Crippen LogP contribution in [0.5, 0.6) is 17.2 Å².